The van der Waals surface area contributed by atoms with E-state index in [-0.39, 0.29) is 5.75 Å². The molecule has 1 nitrogen and oxygen atoms in total. The second kappa shape index (κ2) is 5.07. The van der Waals surface area contributed by atoms with Gasteiger partial charge < -0.3 is 4.74 Å². The van der Waals surface area contributed by atoms with Gasteiger partial charge in [-0.3, -0.25) is 0 Å². The van der Waals surface area contributed by atoms with Crippen molar-refractivity contribution in [2.24, 2.45) is 0 Å². The average molecular weight is 330 g/mol. The van der Waals surface area contributed by atoms with Crippen molar-refractivity contribution in [2.75, 3.05) is 0 Å². The maximum Gasteiger partial charge on any atom is 0.387 e. The van der Waals surface area contributed by atoms with E-state index in [1.165, 1.54) is 6.07 Å². The summed E-state index contributed by atoms with van der Waals surface area (Å²) in [6, 6.07) is 3.28. The summed E-state index contributed by atoms with van der Waals surface area (Å²) in [5.74, 6) is 0.143. The zero-order valence-corrected chi connectivity index (χ0v) is 10.5. The zero-order valence-electron chi connectivity index (χ0n) is 7.36. The molecule has 5 heteroatoms. The molecule has 0 aliphatic rings. The van der Waals surface area contributed by atoms with E-state index in [1.807, 2.05) is 6.92 Å². The molecule has 0 unspecified atom stereocenters. The molecular weight excluding hydrogens is 322 g/mol. The van der Waals surface area contributed by atoms with Crippen molar-refractivity contribution >= 4 is 31.9 Å². The SMILES string of the molecule is CCc1ccc(OC(F)F)c(Br)c1Br. The van der Waals surface area contributed by atoms with Crippen LogP contribution in [0, 0.1) is 0 Å². The van der Waals surface area contributed by atoms with Crippen LogP contribution in [0.3, 0.4) is 0 Å². The molecule has 0 saturated carbocycles. The first kappa shape index (κ1) is 11.9. The van der Waals surface area contributed by atoms with Crippen LogP contribution in [0.2, 0.25) is 0 Å². The van der Waals surface area contributed by atoms with Gasteiger partial charge in [0.1, 0.15) is 5.75 Å². The summed E-state index contributed by atoms with van der Waals surface area (Å²) in [7, 11) is 0. The Morgan fingerprint density at radius 2 is 1.93 bits per heavy atom. The van der Waals surface area contributed by atoms with Crippen molar-refractivity contribution in [3.8, 4) is 5.75 Å². The Balaban J connectivity index is 3.04. The molecule has 78 valence electrons. The molecule has 0 spiro atoms. The molecule has 0 fully saturated rings. The Morgan fingerprint density at radius 3 is 2.43 bits per heavy atom. The highest BCUT2D eigenvalue weighted by Crippen LogP contribution is 2.36. The molecule has 0 radical (unpaired) electrons. The van der Waals surface area contributed by atoms with E-state index >= 15 is 0 Å². The number of ether oxygens (including phenoxy) is 1. The van der Waals surface area contributed by atoms with Crippen LogP contribution in [0.4, 0.5) is 8.78 Å². The summed E-state index contributed by atoms with van der Waals surface area (Å²) in [5, 5.41) is 0. The van der Waals surface area contributed by atoms with Crippen LogP contribution < -0.4 is 4.74 Å². The van der Waals surface area contributed by atoms with E-state index in [2.05, 4.69) is 36.6 Å². The molecule has 0 bridgehead atoms. The largest absolute Gasteiger partial charge is 0.434 e. The Labute approximate surface area is 97.7 Å². The highest BCUT2D eigenvalue weighted by Gasteiger charge is 2.12. The summed E-state index contributed by atoms with van der Waals surface area (Å²) >= 11 is 6.50. The predicted octanol–water partition coefficient (Wildman–Crippen LogP) is 4.38. The first-order valence-corrected chi connectivity index (χ1v) is 5.56. The first-order valence-electron chi connectivity index (χ1n) is 3.98. The maximum absolute atomic E-state index is 12.0. The summed E-state index contributed by atoms with van der Waals surface area (Å²) in [6.45, 7) is -0.814. The summed E-state index contributed by atoms with van der Waals surface area (Å²) in [5.41, 5.74) is 1.04. The van der Waals surface area contributed by atoms with E-state index in [4.69, 9.17) is 0 Å². The van der Waals surface area contributed by atoms with Gasteiger partial charge in [-0.2, -0.15) is 8.78 Å². The third kappa shape index (κ3) is 2.67. The fourth-order valence-electron chi connectivity index (χ4n) is 1.03. The summed E-state index contributed by atoms with van der Waals surface area (Å²) < 4.78 is 29.5. The Kier molecular flexibility index (Phi) is 4.31. The van der Waals surface area contributed by atoms with Crippen LogP contribution in [0.1, 0.15) is 12.5 Å². The highest BCUT2D eigenvalue weighted by atomic mass is 79.9. The van der Waals surface area contributed by atoms with Gasteiger partial charge in [-0.15, -0.1) is 0 Å². The first-order chi connectivity index (χ1) is 6.56. The standard InChI is InChI=1S/C9H8Br2F2O/c1-2-5-3-4-6(14-9(12)13)8(11)7(5)10/h3-4,9H,2H2,1H3. The lowest BCUT2D eigenvalue weighted by molar-refractivity contribution is -0.0504. The van der Waals surface area contributed by atoms with Gasteiger partial charge in [0.25, 0.3) is 0 Å². The summed E-state index contributed by atoms with van der Waals surface area (Å²) in [4.78, 5) is 0. The molecule has 14 heavy (non-hydrogen) atoms. The normalized spacial score (nSPS) is 10.7. The van der Waals surface area contributed by atoms with Crippen molar-refractivity contribution in [1.29, 1.82) is 0 Å². The third-order valence-corrected chi connectivity index (χ3v) is 3.95. The molecule has 0 saturated heterocycles. The van der Waals surface area contributed by atoms with Crippen LogP contribution in [-0.4, -0.2) is 6.61 Å². The molecule has 0 amide bonds. The number of halogens is 4. The van der Waals surface area contributed by atoms with Gasteiger partial charge in [0.05, 0.1) is 4.47 Å². The molecule has 1 aromatic carbocycles. The fraction of sp³-hybridized carbons (Fsp3) is 0.333. The second-order valence-electron chi connectivity index (χ2n) is 2.58. The van der Waals surface area contributed by atoms with E-state index in [1.54, 1.807) is 6.07 Å². The predicted molar refractivity (Wildman–Crippen MR) is 57.9 cm³/mol. The van der Waals surface area contributed by atoms with Crippen LogP contribution in [-0.2, 0) is 6.42 Å². The van der Waals surface area contributed by atoms with Crippen LogP contribution in [0.25, 0.3) is 0 Å². The van der Waals surface area contributed by atoms with Gasteiger partial charge in [-0.05, 0) is 49.9 Å². The topological polar surface area (TPSA) is 9.23 Å². The van der Waals surface area contributed by atoms with Crippen LogP contribution >= 0.6 is 31.9 Å². The molecule has 0 aliphatic heterocycles. The Morgan fingerprint density at radius 1 is 1.29 bits per heavy atom. The van der Waals surface area contributed by atoms with Gasteiger partial charge in [0, 0.05) is 4.47 Å². The lowest BCUT2D eigenvalue weighted by atomic mass is 10.2. The molecule has 1 aromatic rings. The van der Waals surface area contributed by atoms with Crippen molar-refractivity contribution in [3.63, 3.8) is 0 Å². The Hall–Kier alpha value is -0.160. The number of aryl methyl sites for hydroxylation is 1. The van der Waals surface area contributed by atoms with Gasteiger partial charge in [0.15, 0.2) is 0 Å². The number of hydrogen-bond donors (Lipinski definition) is 0. The van der Waals surface area contributed by atoms with Crippen LogP contribution in [0.5, 0.6) is 5.75 Å². The van der Waals surface area contributed by atoms with Gasteiger partial charge in [0.2, 0.25) is 0 Å². The minimum absolute atomic E-state index is 0.143. The van der Waals surface area contributed by atoms with Gasteiger partial charge in [-0.1, -0.05) is 13.0 Å². The average Bonchev–Trinajstić information content (AvgIpc) is 2.13. The Bertz CT molecular complexity index is 329. The smallest absolute Gasteiger partial charge is 0.387 e. The molecule has 0 aliphatic carbocycles. The van der Waals surface area contributed by atoms with Crippen molar-refractivity contribution in [2.45, 2.75) is 20.0 Å². The lowest BCUT2D eigenvalue weighted by Crippen LogP contribution is -2.03. The van der Waals surface area contributed by atoms with Crippen molar-refractivity contribution in [3.05, 3.63) is 26.6 Å². The zero-order chi connectivity index (χ0) is 10.7. The number of benzene rings is 1. The molecule has 0 atom stereocenters. The van der Waals surface area contributed by atoms with Crippen molar-refractivity contribution < 1.29 is 13.5 Å². The van der Waals surface area contributed by atoms with Crippen molar-refractivity contribution in [1.82, 2.24) is 0 Å². The monoisotopic (exact) mass is 328 g/mol. The molecule has 1 rings (SSSR count). The van der Waals surface area contributed by atoms with E-state index in [0.717, 1.165) is 16.5 Å². The minimum Gasteiger partial charge on any atom is -0.434 e. The lowest BCUT2D eigenvalue weighted by Gasteiger charge is -2.10. The van der Waals surface area contributed by atoms with E-state index in [9.17, 15) is 8.78 Å². The second-order valence-corrected chi connectivity index (χ2v) is 4.17. The maximum atomic E-state index is 12.0. The highest BCUT2D eigenvalue weighted by molar-refractivity contribution is 9.13. The minimum atomic E-state index is -2.80. The van der Waals surface area contributed by atoms with Gasteiger partial charge >= 0.3 is 6.61 Å². The number of hydrogen-bond acceptors (Lipinski definition) is 1. The molecule has 0 aromatic heterocycles. The van der Waals surface area contributed by atoms with E-state index < -0.39 is 6.61 Å². The summed E-state index contributed by atoms with van der Waals surface area (Å²) in [6.07, 6.45) is 0.828. The van der Waals surface area contributed by atoms with Crippen LogP contribution in [0.15, 0.2) is 21.1 Å². The molecule has 0 heterocycles. The molecular formula is C9H8Br2F2O. The fourth-order valence-corrected chi connectivity index (χ4v) is 2.12. The van der Waals surface area contributed by atoms with E-state index in [0.29, 0.717) is 4.47 Å². The quantitative estimate of drug-likeness (QED) is 0.799. The number of alkyl halides is 2. The molecule has 0 N–H and O–H groups in total. The van der Waals surface area contributed by atoms with Gasteiger partial charge in [-0.25, -0.2) is 0 Å². The number of rotatable bonds is 3. The third-order valence-electron chi connectivity index (χ3n) is 1.72.